The van der Waals surface area contributed by atoms with Gasteiger partial charge in [0.05, 0.1) is 7.11 Å². The van der Waals surface area contributed by atoms with Crippen LogP contribution in [-0.2, 0) is 4.79 Å². The van der Waals surface area contributed by atoms with E-state index in [1.54, 1.807) is 26.1 Å². The number of methoxy groups -OCH3 is 1. The number of aliphatic carboxylic acids is 1. The molecule has 0 fully saturated rings. The Bertz CT molecular complexity index is 467. The monoisotopic (exact) mass is 251 g/mol. The number of carbonyl (C=O) groups is 1. The fraction of sp³-hybridized carbons (Fsp3) is 0.500. The zero-order valence-electron chi connectivity index (χ0n) is 11.9. The molecule has 1 N–H and O–H groups in total. The van der Waals surface area contributed by atoms with Gasteiger partial charge in [0.1, 0.15) is 11.8 Å². The highest BCUT2D eigenvalue weighted by Crippen LogP contribution is 2.33. The number of aryl methyl sites for hydroxylation is 1. The van der Waals surface area contributed by atoms with E-state index in [4.69, 9.17) is 4.74 Å². The van der Waals surface area contributed by atoms with Gasteiger partial charge in [0.2, 0.25) is 0 Å². The van der Waals surface area contributed by atoms with E-state index in [2.05, 4.69) is 0 Å². The molecule has 18 heavy (non-hydrogen) atoms. The Morgan fingerprint density at radius 1 is 1.28 bits per heavy atom. The van der Waals surface area contributed by atoms with Crippen molar-refractivity contribution in [2.24, 2.45) is 0 Å². The minimum atomic E-state index is -0.841. The number of hydrogen-bond donors (Lipinski definition) is 1. The zero-order valence-corrected chi connectivity index (χ0v) is 11.9. The summed E-state index contributed by atoms with van der Waals surface area (Å²) in [6.07, 6.45) is 0. The second-order valence-electron chi connectivity index (χ2n) is 4.77. The van der Waals surface area contributed by atoms with Crippen molar-refractivity contribution in [3.05, 3.63) is 28.3 Å². The van der Waals surface area contributed by atoms with Gasteiger partial charge in [0.25, 0.3) is 0 Å². The summed E-state index contributed by atoms with van der Waals surface area (Å²) >= 11 is 0. The van der Waals surface area contributed by atoms with Crippen molar-refractivity contribution in [1.29, 1.82) is 0 Å². The molecule has 0 aromatic heterocycles. The summed E-state index contributed by atoms with van der Waals surface area (Å²) in [4.78, 5) is 13.1. The molecule has 1 rings (SSSR count). The Morgan fingerprint density at radius 2 is 1.83 bits per heavy atom. The maximum atomic E-state index is 11.4. The van der Waals surface area contributed by atoms with Crippen LogP contribution in [-0.4, -0.2) is 37.2 Å². The first-order valence-electron chi connectivity index (χ1n) is 5.85. The SMILES string of the molecule is COc1c(C)cc(C(C(=O)O)N(C)C)c(C)c1C. The summed E-state index contributed by atoms with van der Waals surface area (Å²) in [6.45, 7) is 5.83. The van der Waals surface area contributed by atoms with Crippen LogP contribution in [0.25, 0.3) is 0 Å². The minimum absolute atomic E-state index is 0.631. The summed E-state index contributed by atoms with van der Waals surface area (Å²) in [5.41, 5.74) is 3.76. The highest BCUT2D eigenvalue weighted by molar-refractivity contribution is 5.76. The molecular weight excluding hydrogens is 230 g/mol. The summed E-state index contributed by atoms with van der Waals surface area (Å²) < 4.78 is 5.35. The molecule has 0 spiro atoms. The van der Waals surface area contributed by atoms with Crippen molar-refractivity contribution in [2.45, 2.75) is 26.8 Å². The van der Waals surface area contributed by atoms with Gasteiger partial charge in [-0.15, -0.1) is 0 Å². The summed E-state index contributed by atoms with van der Waals surface area (Å²) in [5, 5.41) is 9.36. The third kappa shape index (κ3) is 2.48. The molecule has 1 aromatic carbocycles. The number of carboxylic acid groups (broad SMARTS) is 1. The molecule has 0 saturated carbocycles. The second kappa shape index (κ2) is 5.40. The fourth-order valence-electron chi connectivity index (χ4n) is 2.32. The first-order valence-corrected chi connectivity index (χ1v) is 5.85. The van der Waals surface area contributed by atoms with Gasteiger partial charge in [-0.1, -0.05) is 0 Å². The standard InChI is InChI=1S/C14H21NO3/c1-8-7-11(12(14(16)17)15(4)5)9(2)10(3)13(8)18-6/h7,12H,1-6H3,(H,16,17). The van der Waals surface area contributed by atoms with Gasteiger partial charge in [-0.2, -0.15) is 0 Å². The first-order chi connectivity index (χ1) is 8.31. The van der Waals surface area contributed by atoms with Crippen LogP contribution >= 0.6 is 0 Å². The van der Waals surface area contributed by atoms with E-state index in [1.807, 2.05) is 26.8 Å². The number of ether oxygens (including phenoxy) is 1. The molecule has 0 amide bonds. The molecule has 0 aliphatic carbocycles. The lowest BCUT2D eigenvalue weighted by molar-refractivity contribution is -0.142. The van der Waals surface area contributed by atoms with Gasteiger partial charge in [-0.25, -0.2) is 0 Å². The van der Waals surface area contributed by atoms with E-state index >= 15 is 0 Å². The molecular formula is C14H21NO3. The molecule has 100 valence electrons. The van der Waals surface area contributed by atoms with Gasteiger partial charge in [-0.3, -0.25) is 9.69 Å². The smallest absolute Gasteiger partial charge is 0.325 e. The van der Waals surface area contributed by atoms with E-state index in [-0.39, 0.29) is 0 Å². The van der Waals surface area contributed by atoms with Crippen LogP contribution < -0.4 is 4.74 Å². The molecule has 0 bridgehead atoms. The Hall–Kier alpha value is -1.55. The van der Waals surface area contributed by atoms with Crippen molar-refractivity contribution >= 4 is 5.97 Å². The van der Waals surface area contributed by atoms with Gasteiger partial charge in [0, 0.05) is 0 Å². The van der Waals surface area contributed by atoms with Crippen LogP contribution in [0.1, 0.15) is 28.3 Å². The maximum absolute atomic E-state index is 11.4. The van der Waals surface area contributed by atoms with Crippen LogP contribution in [0.15, 0.2) is 6.07 Å². The highest BCUT2D eigenvalue weighted by atomic mass is 16.5. The molecule has 4 nitrogen and oxygen atoms in total. The Balaban J connectivity index is 3.46. The van der Waals surface area contributed by atoms with E-state index in [1.165, 1.54) is 0 Å². The third-order valence-electron chi connectivity index (χ3n) is 3.32. The molecule has 0 radical (unpaired) electrons. The first kappa shape index (κ1) is 14.5. The molecule has 0 saturated heterocycles. The normalized spacial score (nSPS) is 12.6. The molecule has 0 aliphatic heterocycles. The summed E-state index contributed by atoms with van der Waals surface area (Å²) in [7, 11) is 5.18. The Kier molecular flexibility index (Phi) is 4.35. The van der Waals surface area contributed by atoms with E-state index in [0.717, 1.165) is 28.0 Å². The minimum Gasteiger partial charge on any atom is -0.496 e. The molecule has 0 heterocycles. The predicted octanol–water partition coefficient (Wildman–Crippen LogP) is 2.31. The lowest BCUT2D eigenvalue weighted by Crippen LogP contribution is -2.28. The van der Waals surface area contributed by atoms with Gasteiger partial charge < -0.3 is 9.84 Å². The average Bonchev–Trinajstić information content (AvgIpc) is 2.25. The summed E-state index contributed by atoms with van der Waals surface area (Å²) in [5.74, 6) is -0.00814. The number of carboxylic acids is 1. The quantitative estimate of drug-likeness (QED) is 0.892. The molecule has 4 heteroatoms. The van der Waals surface area contributed by atoms with E-state index in [9.17, 15) is 9.90 Å². The number of rotatable bonds is 4. The lowest BCUT2D eigenvalue weighted by Gasteiger charge is -2.24. The maximum Gasteiger partial charge on any atom is 0.325 e. The molecule has 1 unspecified atom stereocenters. The number of nitrogens with zero attached hydrogens (tertiary/aromatic N) is 1. The van der Waals surface area contributed by atoms with Gasteiger partial charge >= 0.3 is 5.97 Å². The van der Waals surface area contributed by atoms with Crippen LogP contribution in [0.2, 0.25) is 0 Å². The van der Waals surface area contributed by atoms with Crippen molar-refractivity contribution in [3.63, 3.8) is 0 Å². The van der Waals surface area contributed by atoms with E-state index in [0.29, 0.717) is 0 Å². The van der Waals surface area contributed by atoms with Gasteiger partial charge in [-0.05, 0) is 63.2 Å². The Morgan fingerprint density at radius 3 is 2.22 bits per heavy atom. The summed E-state index contributed by atoms with van der Waals surface area (Å²) in [6, 6.07) is 1.27. The van der Waals surface area contributed by atoms with Crippen molar-refractivity contribution in [2.75, 3.05) is 21.2 Å². The number of hydrogen-bond acceptors (Lipinski definition) is 3. The fourth-order valence-corrected chi connectivity index (χ4v) is 2.32. The third-order valence-corrected chi connectivity index (χ3v) is 3.32. The van der Waals surface area contributed by atoms with Crippen molar-refractivity contribution in [1.82, 2.24) is 4.90 Å². The topological polar surface area (TPSA) is 49.8 Å². The van der Waals surface area contributed by atoms with E-state index < -0.39 is 12.0 Å². The van der Waals surface area contributed by atoms with Crippen LogP contribution in [0.5, 0.6) is 5.75 Å². The second-order valence-corrected chi connectivity index (χ2v) is 4.77. The highest BCUT2D eigenvalue weighted by Gasteiger charge is 2.26. The number of benzene rings is 1. The van der Waals surface area contributed by atoms with Crippen LogP contribution in [0, 0.1) is 20.8 Å². The largest absolute Gasteiger partial charge is 0.496 e. The average molecular weight is 251 g/mol. The molecule has 0 aliphatic rings. The van der Waals surface area contributed by atoms with Crippen molar-refractivity contribution < 1.29 is 14.6 Å². The Labute approximate surface area is 108 Å². The van der Waals surface area contributed by atoms with Gasteiger partial charge in [0.15, 0.2) is 0 Å². The van der Waals surface area contributed by atoms with Crippen molar-refractivity contribution in [3.8, 4) is 5.75 Å². The number of likely N-dealkylation sites (N-methyl/N-ethyl adjacent to an activating group) is 1. The lowest BCUT2D eigenvalue weighted by atomic mass is 9.93. The molecule has 1 atom stereocenters. The van der Waals surface area contributed by atoms with Crippen LogP contribution in [0.4, 0.5) is 0 Å². The molecule has 1 aromatic rings. The zero-order chi connectivity index (χ0) is 14.0. The predicted molar refractivity (Wildman–Crippen MR) is 71.3 cm³/mol. The van der Waals surface area contributed by atoms with Crippen LogP contribution in [0.3, 0.4) is 0 Å².